The first-order valence-electron chi connectivity index (χ1n) is 8.04. The molecule has 1 fully saturated rings. The van der Waals surface area contributed by atoms with Gasteiger partial charge >= 0.3 is 0 Å². The lowest BCUT2D eigenvalue weighted by Gasteiger charge is -2.15. The molecule has 0 unspecified atom stereocenters. The Hall–Kier alpha value is -1.57. The summed E-state index contributed by atoms with van der Waals surface area (Å²) in [4.78, 5) is 23.1. The molecule has 8 heteroatoms. The number of carbonyl (C=O) groups excluding carboxylic acids is 2. The van der Waals surface area contributed by atoms with Gasteiger partial charge in [-0.3, -0.25) is 9.59 Å². The van der Waals surface area contributed by atoms with Crippen molar-refractivity contribution in [1.82, 2.24) is 20.1 Å². The third-order valence-electron chi connectivity index (χ3n) is 3.51. The van der Waals surface area contributed by atoms with E-state index < -0.39 is 0 Å². The number of rotatable bonds is 9. The van der Waals surface area contributed by atoms with Crippen LogP contribution in [0.15, 0.2) is 5.16 Å². The van der Waals surface area contributed by atoms with Gasteiger partial charge in [-0.1, -0.05) is 25.6 Å². The van der Waals surface area contributed by atoms with E-state index in [1.807, 2.05) is 11.5 Å². The molecule has 1 aliphatic rings. The van der Waals surface area contributed by atoms with Gasteiger partial charge in [-0.25, -0.2) is 0 Å². The summed E-state index contributed by atoms with van der Waals surface area (Å²) >= 11 is 1.41. The first kappa shape index (κ1) is 17.8. The highest BCUT2D eigenvalue weighted by molar-refractivity contribution is 8.00. The zero-order valence-electron chi connectivity index (χ0n) is 13.9. The van der Waals surface area contributed by atoms with Gasteiger partial charge in [0.05, 0.1) is 5.25 Å². The van der Waals surface area contributed by atoms with Crippen LogP contribution in [0, 0.1) is 5.92 Å². The predicted octanol–water partition coefficient (Wildman–Crippen LogP) is 1.11. The highest BCUT2D eigenvalue weighted by atomic mass is 32.2. The Balaban J connectivity index is 2.06. The molecule has 7 nitrogen and oxygen atoms in total. The van der Waals surface area contributed by atoms with Crippen LogP contribution >= 0.6 is 11.8 Å². The van der Waals surface area contributed by atoms with E-state index >= 15 is 0 Å². The normalized spacial score (nSPS) is 15.7. The number of hydrogen-bond donors (Lipinski definition) is 2. The summed E-state index contributed by atoms with van der Waals surface area (Å²) in [6.45, 7) is 6.84. The maximum Gasteiger partial charge on any atom is 0.233 e. The molecule has 1 aliphatic carbocycles. The van der Waals surface area contributed by atoms with Gasteiger partial charge in [0, 0.05) is 25.4 Å². The number of carbonyl (C=O) groups is 2. The van der Waals surface area contributed by atoms with E-state index in [1.54, 1.807) is 0 Å². The van der Waals surface area contributed by atoms with Crippen molar-refractivity contribution in [2.24, 2.45) is 11.7 Å². The molecule has 2 amide bonds. The molecule has 0 radical (unpaired) electrons. The molecule has 0 spiro atoms. The van der Waals surface area contributed by atoms with Crippen LogP contribution in [-0.2, 0) is 22.6 Å². The summed E-state index contributed by atoms with van der Waals surface area (Å²) in [5, 5.41) is 11.9. The lowest BCUT2D eigenvalue weighted by molar-refractivity contribution is -0.120. The van der Waals surface area contributed by atoms with Crippen molar-refractivity contribution in [3.63, 3.8) is 0 Å². The van der Waals surface area contributed by atoms with Crippen LogP contribution in [0.2, 0.25) is 0 Å². The zero-order chi connectivity index (χ0) is 17.0. The smallest absolute Gasteiger partial charge is 0.233 e. The number of nitrogens with two attached hydrogens (primary N) is 1. The number of nitrogens with one attached hydrogen (secondary N) is 1. The summed E-state index contributed by atoms with van der Waals surface area (Å²) in [5.41, 5.74) is 5.22. The molecule has 0 aromatic carbocycles. The van der Waals surface area contributed by atoms with Gasteiger partial charge in [-0.15, -0.1) is 10.2 Å². The van der Waals surface area contributed by atoms with Crippen molar-refractivity contribution in [1.29, 1.82) is 0 Å². The largest absolute Gasteiger partial charge is 0.370 e. The van der Waals surface area contributed by atoms with Crippen molar-refractivity contribution in [3.8, 4) is 0 Å². The Morgan fingerprint density at radius 2 is 2.04 bits per heavy atom. The van der Waals surface area contributed by atoms with Gasteiger partial charge in [0.1, 0.15) is 5.82 Å². The minimum absolute atomic E-state index is 0.0373. The monoisotopic (exact) mass is 339 g/mol. The molecule has 1 heterocycles. The molecule has 3 N–H and O–H groups in total. The first-order chi connectivity index (χ1) is 10.9. The molecule has 1 atom stereocenters. The van der Waals surface area contributed by atoms with Crippen molar-refractivity contribution in [2.75, 3.05) is 0 Å². The van der Waals surface area contributed by atoms with Gasteiger partial charge in [0.25, 0.3) is 0 Å². The third-order valence-corrected chi connectivity index (χ3v) is 4.59. The lowest BCUT2D eigenvalue weighted by atomic mass is 10.2. The fourth-order valence-corrected chi connectivity index (χ4v) is 3.02. The number of amides is 2. The SMILES string of the molecule is CC(C)Cn1c(CCC(N)=O)nnc1S[C@H](C)C(=O)NC1CC1. The second-order valence-electron chi connectivity index (χ2n) is 6.41. The fourth-order valence-electron chi connectivity index (χ4n) is 2.13. The average molecular weight is 339 g/mol. The summed E-state index contributed by atoms with van der Waals surface area (Å²) in [7, 11) is 0. The van der Waals surface area contributed by atoms with Crippen LogP contribution in [0.5, 0.6) is 0 Å². The molecule has 1 saturated carbocycles. The van der Waals surface area contributed by atoms with Crippen LogP contribution in [0.1, 0.15) is 45.9 Å². The minimum atomic E-state index is -0.351. The zero-order valence-corrected chi connectivity index (χ0v) is 14.7. The topological polar surface area (TPSA) is 103 Å². The number of hydrogen-bond acceptors (Lipinski definition) is 5. The van der Waals surface area contributed by atoms with Crippen LogP contribution in [0.3, 0.4) is 0 Å². The Morgan fingerprint density at radius 1 is 1.35 bits per heavy atom. The maximum atomic E-state index is 12.1. The highest BCUT2D eigenvalue weighted by Gasteiger charge is 2.27. The van der Waals surface area contributed by atoms with Gasteiger partial charge in [0.15, 0.2) is 5.16 Å². The number of primary amides is 1. The second kappa shape index (κ2) is 7.81. The summed E-state index contributed by atoms with van der Waals surface area (Å²) in [5.74, 6) is 0.842. The number of aryl methyl sites for hydroxylation is 1. The molecule has 1 aromatic heterocycles. The fraction of sp³-hybridized carbons (Fsp3) is 0.733. The molecule has 2 rings (SSSR count). The maximum absolute atomic E-state index is 12.1. The van der Waals surface area contributed by atoms with E-state index in [4.69, 9.17) is 5.73 Å². The molecule has 23 heavy (non-hydrogen) atoms. The van der Waals surface area contributed by atoms with E-state index in [0.717, 1.165) is 30.4 Å². The van der Waals surface area contributed by atoms with Crippen LogP contribution in [-0.4, -0.2) is 37.9 Å². The summed E-state index contributed by atoms with van der Waals surface area (Å²) in [6.07, 6.45) is 2.87. The van der Waals surface area contributed by atoms with E-state index in [2.05, 4.69) is 29.4 Å². The van der Waals surface area contributed by atoms with Crippen molar-refractivity contribution in [3.05, 3.63) is 5.82 Å². The first-order valence-corrected chi connectivity index (χ1v) is 8.92. The Bertz CT molecular complexity index is 568. The van der Waals surface area contributed by atoms with Crippen LogP contribution in [0.25, 0.3) is 0 Å². The predicted molar refractivity (Wildman–Crippen MR) is 88.9 cm³/mol. The number of aromatic nitrogens is 3. The number of nitrogens with zero attached hydrogens (tertiary/aromatic N) is 3. The second-order valence-corrected chi connectivity index (χ2v) is 7.72. The van der Waals surface area contributed by atoms with E-state index in [-0.39, 0.29) is 23.5 Å². The van der Waals surface area contributed by atoms with E-state index in [0.29, 0.717) is 18.4 Å². The van der Waals surface area contributed by atoms with Gasteiger partial charge in [-0.2, -0.15) is 0 Å². The number of thioether (sulfide) groups is 1. The van der Waals surface area contributed by atoms with E-state index in [9.17, 15) is 9.59 Å². The van der Waals surface area contributed by atoms with Crippen LogP contribution < -0.4 is 11.1 Å². The summed E-state index contributed by atoms with van der Waals surface area (Å²) < 4.78 is 2.00. The standard InChI is InChI=1S/C15H25N5O2S/c1-9(2)8-20-13(7-6-12(16)21)18-19-15(20)23-10(3)14(22)17-11-4-5-11/h9-11H,4-8H2,1-3H3,(H2,16,21)(H,17,22)/t10-/m1/s1. The molecule has 1 aromatic rings. The molecule has 128 valence electrons. The molecular weight excluding hydrogens is 314 g/mol. The molecule has 0 saturated heterocycles. The van der Waals surface area contributed by atoms with E-state index in [1.165, 1.54) is 11.8 Å². The van der Waals surface area contributed by atoms with Gasteiger partial charge in [0.2, 0.25) is 11.8 Å². The third kappa shape index (κ3) is 5.53. The van der Waals surface area contributed by atoms with Crippen molar-refractivity contribution < 1.29 is 9.59 Å². The van der Waals surface area contributed by atoms with Crippen molar-refractivity contribution >= 4 is 23.6 Å². The molecule has 0 aliphatic heterocycles. The highest BCUT2D eigenvalue weighted by Crippen LogP contribution is 2.25. The van der Waals surface area contributed by atoms with Gasteiger partial charge in [-0.05, 0) is 25.7 Å². The Labute approximate surface area is 140 Å². The van der Waals surface area contributed by atoms with Crippen LogP contribution in [0.4, 0.5) is 0 Å². The quantitative estimate of drug-likeness (QED) is 0.656. The summed E-state index contributed by atoms with van der Waals surface area (Å²) in [6, 6.07) is 0.352. The molecular formula is C15H25N5O2S. The van der Waals surface area contributed by atoms with Crippen molar-refractivity contribution in [2.45, 2.75) is 69.4 Å². The Kier molecular flexibility index (Phi) is 6.04. The minimum Gasteiger partial charge on any atom is -0.370 e. The lowest BCUT2D eigenvalue weighted by Crippen LogP contribution is -2.32. The molecule has 0 bridgehead atoms. The van der Waals surface area contributed by atoms with Gasteiger partial charge < -0.3 is 15.6 Å². The average Bonchev–Trinajstić information content (AvgIpc) is 3.20. The Morgan fingerprint density at radius 3 is 2.61 bits per heavy atom.